The van der Waals surface area contributed by atoms with Gasteiger partial charge < -0.3 is 4.74 Å². The Kier molecular flexibility index (Phi) is 4.81. The number of hydrogen-bond acceptors (Lipinski definition) is 2. The van der Waals surface area contributed by atoms with Gasteiger partial charge in [0, 0.05) is 4.47 Å². The molecular formula is C15H19BrO2. The average molecular weight is 311 g/mol. The number of benzene rings is 1. The van der Waals surface area contributed by atoms with E-state index in [-0.39, 0.29) is 11.9 Å². The molecule has 1 fully saturated rings. The van der Waals surface area contributed by atoms with Crippen molar-refractivity contribution in [3.05, 3.63) is 34.3 Å². The van der Waals surface area contributed by atoms with Crippen molar-refractivity contribution in [2.75, 3.05) is 7.11 Å². The van der Waals surface area contributed by atoms with Gasteiger partial charge in [-0.3, -0.25) is 4.79 Å². The van der Waals surface area contributed by atoms with Crippen LogP contribution in [0.25, 0.3) is 0 Å². The van der Waals surface area contributed by atoms with E-state index in [0.717, 1.165) is 22.9 Å². The van der Waals surface area contributed by atoms with Crippen LogP contribution >= 0.6 is 15.9 Å². The normalized spacial score (nSPS) is 18.3. The fraction of sp³-hybridized carbons (Fsp3) is 0.533. The molecule has 1 aromatic rings. The number of hydrogen-bond donors (Lipinski definition) is 0. The summed E-state index contributed by atoms with van der Waals surface area (Å²) in [6.07, 6.45) is 6.01. The summed E-state index contributed by atoms with van der Waals surface area (Å²) in [5.74, 6) is 0.230. The highest BCUT2D eigenvalue weighted by Gasteiger charge is 2.31. The fourth-order valence-electron chi connectivity index (χ4n) is 2.90. The topological polar surface area (TPSA) is 26.3 Å². The molecule has 1 aliphatic carbocycles. The minimum atomic E-state index is -0.104. The van der Waals surface area contributed by atoms with Gasteiger partial charge >= 0.3 is 5.97 Å². The van der Waals surface area contributed by atoms with E-state index in [4.69, 9.17) is 4.74 Å². The van der Waals surface area contributed by atoms with Gasteiger partial charge in [-0.2, -0.15) is 0 Å². The molecule has 0 radical (unpaired) electrons. The zero-order valence-corrected chi connectivity index (χ0v) is 12.3. The standard InChI is InChI=1S/C15H19BrO2/c1-18-15(17)14(11-6-3-2-4-7-11)12-8-5-9-13(16)10-12/h5,8-11,14H,2-4,6-7H2,1H3. The Hall–Kier alpha value is -0.830. The summed E-state index contributed by atoms with van der Waals surface area (Å²) in [4.78, 5) is 12.1. The van der Waals surface area contributed by atoms with Gasteiger partial charge in [-0.1, -0.05) is 47.3 Å². The van der Waals surface area contributed by atoms with E-state index in [1.165, 1.54) is 26.4 Å². The van der Waals surface area contributed by atoms with Crippen LogP contribution in [0.4, 0.5) is 0 Å². The quantitative estimate of drug-likeness (QED) is 0.779. The third kappa shape index (κ3) is 3.14. The number of methoxy groups -OCH3 is 1. The molecule has 18 heavy (non-hydrogen) atoms. The summed E-state index contributed by atoms with van der Waals surface area (Å²) in [5, 5.41) is 0. The number of esters is 1. The van der Waals surface area contributed by atoms with Crippen LogP contribution in [-0.4, -0.2) is 13.1 Å². The lowest BCUT2D eigenvalue weighted by Crippen LogP contribution is -2.25. The maximum Gasteiger partial charge on any atom is 0.313 e. The number of carbonyl (C=O) groups excluding carboxylic acids is 1. The van der Waals surface area contributed by atoms with Crippen molar-refractivity contribution in [2.24, 2.45) is 5.92 Å². The molecule has 0 N–H and O–H groups in total. The van der Waals surface area contributed by atoms with Gasteiger partial charge in [-0.25, -0.2) is 0 Å². The van der Waals surface area contributed by atoms with Crippen molar-refractivity contribution in [1.29, 1.82) is 0 Å². The minimum absolute atomic E-state index is 0.0972. The molecule has 98 valence electrons. The van der Waals surface area contributed by atoms with E-state index >= 15 is 0 Å². The maximum absolute atomic E-state index is 12.1. The zero-order chi connectivity index (χ0) is 13.0. The van der Waals surface area contributed by atoms with Crippen molar-refractivity contribution >= 4 is 21.9 Å². The van der Waals surface area contributed by atoms with E-state index < -0.39 is 0 Å². The van der Waals surface area contributed by atoms with Gasteiger partial charge in [0.2, 0.25) is 0 Å². The molecule has 0 spiro atoms. The molecule has 1 unspecified atom stereocenters. The Morgan fingerprint density at radius 3 is 2.67 bits per heavy atom. The van der Waals surface area contributed by atoms with Gasteiger partial charge in [0.1, 0.15) is 0 Å². The first kappa shape index (κ1) is 13.6. The van der Waals surface area contributed by atoms with E-state index in [9.17, 15) is 4.79 Å². The molecule has 0 aromatic heterocycles. The Morgan fingerprint density at radius 1 is 1.33 bits per heavy atom. The predicted molar refractivity (Wildman–Crippen MR) is 75.5 cm³/mol. The molecule has 1 aromatic carbocycles. The van der Waals surface area contributed by atoms with Crippen molar-refractivity contribution in [1.82, 2.24) is 0 Å². The Labute approximate surface area is 117 Å². The summed E-state index contributed by atoms with van der Waals surface area (Å²) >= 11 is 3.47. The lowest BCUT2D eigenvalue weighted by molar-refractivity contribution is -0.144. The van der Waals surface area contributed by atoms with Gasteiger partial charge in [0.05, 0.1) is 13.0 Å². The Balaban J connectivity index is 2.26. The highest BCUT2D eigenvalue weighted by molar-refractivity contribution is 9.10. The van der Waals surface area contributed by atoms with Gasteiger partial charge in [0.15, 0.2) is 0 Å². The predicted octanol–water partition coefficient (Wildman–Crippen LogP) is 4.29. The first-order valence-corrected chi connectivity index (χ1v) is 7.35. The molecule has 0 amide bonds. The van der Waals surface area contributed by atoms with Crippen LogP contribution in [-0.2, 0) is 9.53 Å². The first-order chi connectivity index (χ1) is 8.72. The molecule has 2 nitrogen and oxygen atoms in total. The van der Waals surface area contributed by atoms with Gasteiger partial charge in [-0.05, 0) is 36.5 Å². The van der Waals surface area contributed by atoms with Crippen molar-refractivity contribution in [2.45, 2.75) is 38.0 Å². The van der Waals surface area contributed by atoms with E-state index in [1.807, 2.05) is 24.3 Å². The highest BCUT2D eigenvalue weighted by atomic mass is 79.9. The Bertz CT molecular complexity index is 411. The molecule has 0 heterocycles. The van der Waals surface area contributed by atoms with Gasteiger partial charge in [-0.15, -0.1) is 0 Å². The summed E-state index contributed by atoms with van der Waals surface area (Å²) < 4.78 is 6.02. The van der Waals surface area contributed by atoms with E-state index in [1.54, 1.807) is 0 Å². The number of carbonyl (C=O) groups is 1. The van der Waals surface area contributed by atoms with Crippen molar-refractivity contribution in [3.63, 3.8) is 0 Å². The second-order valence-corrected chi connectivity index (χ2v) is 5.87. The fourth-order valence-corrected chi connectivity index (χ4v) is 3.31. The molecule has 2 rings (SSSR count). The number of rotatable bonds is 3. The summed E-state index contributed by atoms with van der Waals surface area (Å²) in [5.41, 5.74) is 1.07. The lowest BCUT2D eigenvalue weighted by Gasteiger charge is -2.28. The number of halogens is 1. The van der Waals surface area contributed by atoms with Crippen LogP contribution in [0.15, 0.2) is 28.7 Å². The van der Waals surface area contributed by atoms with Crippen LogP contribution in [0.2, 0.25) is 0 Å². The van der Waals surface area contributed by atoms with Crippen LogP contribution in [0.1, 0.15) is 43.6 Å². The second kappa shape index (κ2) is 6.37. The molecule has 3 heteroatoms. The van der Waals surface area contributed by atoms with Crippen LogP contribution < -0.4 is 0 Å². The molecule has 1 aliphatic rings. The lowest BCUT2D eigenvalue weighted by atomic mass is 9.77. The number of ether oxygens (including phenoxy) is 1. The first-order valence-electron chi connectivity index (χ1n) is 6.55. The monoisotopic (exact) mass is 310 g/mol. The third-order valence-electron chi connectivity index (χ3n) is 3.78. The van der Waals surface area contributed by atoms with Crippen molar-refractivity contribution < 1.29 is 9.53 Å². The summed E-state index contributed by atoms with van der Waals surface area (Å²) in [6, 6.07) is 8.04. The molecule has 0 bridgehead atoms. The molecule has 1 atom stereocenters. The van der Waals surface area contributed by atoms with Crippen LogP contribution in [0.5, 0.6) is 0 Å². The third-order valence-corrected chi connectivity index (χ3v) is 4.28. The Morgan fingerprint density at radius 2 is 2.06 bits per heavy atom. The SMILES string of the molecule is COC(=O)C(c1cccc(Br)c1)C1CCCCC1. The molecule has 0 saturated heterocycles. The molecule has 1 saturated carbocycles. The van der Waals surface area contributed by atoms with Gasteiger partial charge in [0.25, 0.3) is 0 Å². The van der Waals surface area contributed by atoms with Crippen molar-refractivity contribution in [3.8, 4) is 0 Å². The average Bonchev–Trinajstić information content (AvgIpc) is 2.40. The second-order valence-electron chi connectivity index (χ2n) is 4.95. The van der Waals surface area contributed by atoms with Crippen LogP contribution in [0, 0.1) is 5.92 Å². The van der Waals surface area contributed by atoms with E-state index in [0.29, 0.717) is 5.92 Å². The molecular weight excluding hydrogens is 292 g/mol. The largest absolute Gasteiger partial charge is 0.469 e. The van der Waals surface area contributed by atoms with Crippen LogP contribution in [0.3, 0.4) is 0 Å². The highest BCUT2D eigenvalue weighted by Crippen LogP contribution is 2.37. The maximum atomic E-state index is 12.1. The smallest absolute Gasteiger partial charge is 0.313 e. The minimum Gasteiger partial charge on any atom is -0.469 e. The zero-order valence-electron chi connectivity index (χ0n) is 10.7. The summed E-state index contributed by atoms with van der Waals surface area (Å²) in [6.45, 7) is 0. The molecule has 0 aliphatic heterocycles. The van der Waals surface area contributed by atoms with E-state index in [2.05, 4.69) is 15.9 Å². The summed E-state index contributed by atoms with van der Waals surface area (Å²) in [7, 11) is 1.48.